The van der Waals surface area contributed by atoms with Gasteiger partial charge in [-0.15, -0.1) is 0 Å². The van der Waals surface area contributed by atoms with Gasteiger partial charge in [-0.3, -0.25) is 5.43 Å². The molecule has 2 atom stereocenters. The smallest absolute Gasteiger partial charge is 0.166 e. The summed E-state index contributed by atoms with van der Waals surface area (Å²) < 4.78 is 0. The van der Waals surface area contributed by atoms with Gasteiger partial charge in [0.2, 0.25) is 0 Å². The highest BCUT2D eigenvalue weighted by Gasteiger charge is 2.50. The van der Waals surface area contributed by atoms with Gasteiger partial charge in [0.15, 0.2) is 5.82 Å². The summed E-state index contributed by atoms with van der Waals surface area (Å²) in [6, 6.07) is 1.55. The predicted molar refractivity (Wildman–Crippen MR) is 89.5 cm³/mol. The van der Waals surface area contributed by atoms with Crippen molar-refractivity contribution in [2.75, 3.05) is 5.43 Å². The molecule has 3 nitrogen and oxygen atoms in total. The number of hydrazone groups is 1. The van der Waals surface area contributed by atoms with Crippen LogP contribution in [0.5, 0.6) is 0 Å². The van der Waals surface area contributed by atoms with E-state index in [1.54, 1.807) is 6.07 Å². The molecular weight excluding hydrogens is 329 g/mol. The summed E-state index contributed by atoms with van der Waals surface area (Å²) in [6.07, 6.45) is 6.54. The lowest BCUT2D eigenvalue weighted by Gasteiger charge is -2.55. The summed E-state index contributed by atoms with van der Waals surface area (Å²) in [5.74, 6) is 1.82. The van der Waals surface area contributed by atoms with Crippen molar-refractivity contribution in [3.8, 4) is 0 Å². The maximum Gasteiger partial charge on any atom is 0.166 e. The topological polar surface area (TPSA) is 37.3 Å². The van der Waals surface area contributed by atoms with E-state index in [9.17, 15) is 0 Å². The average molecular weight is 345 g/mol. The summed E-state index contributed by atoms with van der Waals surface area (Å²) in [7, 11) is 0. The monoisotopic (exact) mass is 343 g/mol. The second kappa shape index (κ2) is 5.45. The van der Waals surface area contributed by atoms with Gasteiger partial charge in [-0.25, -0.2) is 4.98 Å². The Kier molecular flexibility index (Phi) is 3.93. The van der Waals surface area contributed by atoms with Crippen molar-refractivity contribution in [1.29, 1.82) is 0 Å². The van der Waals surface area contributed by atoms with Gasteiger partial charge < -0.3 is 0 Å². The fourth-order valence-electron chi connectivity index (χ4n) is 3.24. The fourth-order valence-corrected chi connectivity index (χ4v) is 3.78. The van der Waals surface area contributed by atoms with E-state index in [-0.39, 0.29) is 5.15 Å². The molecule has 112 valence electrons. The van der Waals surface area contributed by atoms with Gasteiger partial charge in [-0.1, -0.05) is 54.7 Å². The van der Waals surface area contributed by atoms with E-state index in [1.165, 1.54) is 12.0 Å². The molecule has 1 saturated carbocycles. The fraction of sp³-hybridized carbons (Fsp3) is 0.467. The van der Waals surface area contributed by atoms with E-state index in [4.69, 9.17) is 34.8 Å². The third kappa shape index (κ3) is 2.67. The van der Waals surface area contributed by atoms with E-state index in [2.05, 4.69) is 35.4 Å². The number of aromatic nitrogens is 1. The van der Waals surface area contributed by atoms with Crippen molar-refractivity contribution in [2.45, 2.75) is 26.7 Å². The van der Waals surface area contributed by atoms with Crippen LogP contribution in [0.4, 0.5) is 5.82 Å². The number of fused-ring (bicyclic) bond motifs is 1. The van der Waals surface area contributed by atoms with Crippen LogP contribution in [0.2, 0.25) is 15.2 Å². The lowest BCUT2D eigenvalue weighted by molar-refractivity contribution is -0.00124. The van der Waals surface area contributed by atoms with Crippen LogP contribution >= 0.6 is 34.8 Å². The van der Waals surface area contributed by atoms with Gasteiger partial charge in [0.05, 0.1) is 16.3 Å². The zero-order valence-corrected chi connectivity index (χ0v) is 14.1. The molecule has 2 bridgehead atoms. The highest BCUT2D eigenvalue weighted by atomic mass is 35.5. The minimum Gasteiger partial charge on any atom is -0.260 e. The number of nitrogens with one attached hydrogen (secondary N) is 1. The molecule has 0 saturated heterocycles. The number of hydrogen-bond donors (Lipinski definition) is 1. The van der Waals surface area contributed by atoms with Crippen LogP contribution < -0.4 is 5.43 Å². The molecule has 1 aromatic heterocycles. The molecule has 1 aromatic rings. The number of anilines is 1. The van der Waals surface area contributed by atoms with Crippen molar-refractivity contribution in [1.82, 2.24) is 4.98 Å². The van der Waals surface area contributed by atoms with Gasteiger partial charge in [-0.05, 0) is 41.7 Å². The van der Waals surface area contributed by atoms with Crippen LogP contribution in [0.25, 0.3) is 0 Å². The maximum atomic E-state index is 6.05. The van der Waals surface area contributed by atoms with Crippen LogP contribution in [-0.2, 0) is 0 Å². The third-order valence-corrected chi connectivity index (χ3v) is 5.74. The Bertz CT molecular complexity index is 637. The Balaban J connectivity index is 1.71. The summed E-state index contributed by atoms with van der Waals surface area (Å²) in [6.45, 7) is 4.66. The minimum atomic E-state index is 0.207. The van der Waals surface area contributed by atoms with E-state index in [0.29, 0.717) is 27.2 Å². The Morgan fingerprint density at radius 3 is 2.76 bits per heavy atom. The van der Waals surface area contributed by atoms with Crippen molar-refractivity contribution >= 4 is 46.8 Å². The zero-order chi connectivity index (χ0) is 15.2. The molecular formula is C15H16Cl3N3. The van der Waals surface area contributed by atoms with E-state index in [0.717, 1.165) is 12.3 Å². The van der Waals surface area contributed by atoms with Crippen LogP contribution in [0.3, 0.4) is 0 Å². The van der Waals surface area contributed by atoms with Crippen LogP contribution in [0.1, 0.15) is 26.7 Å². The SMILES string of the molecule is CC1(C)C2CC=C(C=NNc3nc(Cl)c(Cl)cc3Cl)C1C2. The molecule has 4 rings (SSSR count). The Morgan fingerprint density at radius 1 is 1.33 bits per heavy atom. The quantitative estimate of drug-likeness (QED) is 0.451. The van der Waals surface area contributed by atoms with Crippen molar-refractivity contribution in [3.05, 3.63) is 32.9 Å². The van der Waals surface area contributed by atoms with Crippen molar-refractivity contribution in [2.24, 2.45) is 22.4 Å². The number of nitrogens with zero attached hydrogens (tertiary/aromatic N) is 2. The van der Waals surface area contributed by atoms with Crippen molar-refractivity contribution in [3.63, 3.8) is 0 Å². The molecule has 21 heavy (non-hydrogen) atoms. The molecule has 1 N–H and O–H groups in total. The Hall–Kier alpha value is -0.770. The first-order chi connectivity index (χ1) is 9.89. The van der Waals surface area contributed by atoms with Gasteiger partial charge in [-0.2, -0.15) is 5.10 Å². The standard InChI is InChI=1S/C15H16Cl3N3/c1-15(2)9-4-3-8(10(15)5-9)7-19-21-14-12(17)6-11(16)13(18)20-14/h3,6-7,9-10H,4-5H2,1-2H3,(H,20,21). The molecule has 1 heterocycles. The minimum absolute atomic E-state index is 0.207. The van der Waals surface area contributed by atoms with Crippen LogP contribution in [0, 0.1) is 17.3 Å². The maximum absolute atomic E-state index is 6.05. The molecule has 0 spiro atoms. The zero-order valence-electron chi connectivity index (χ0n) is 11.8. The summed E-state index contributed by atoms with van der Waals surface area (Å²) in [5, 5.41) is 5.17. The Labute approximate surface area is 139 Å². The first-order valence-electron chi connectivity index (χ1n) is 6.90. The number of pyridine rings is 1. The van der Waals surface area contributed by atoms with Crippen LogP contribution in [-0.4, -0.2) is 11.2 Å². The predicted octanol–water partition coefficient (Wildman–Crippen LogP) is 5.43. The molecule has 0 aromatic carbocycles. The number of allylic oxidation sites excluding steroid dienone is 2. The first kappa shape index (κ1) is 15.1. The van der Waals surface area contributed by atoms with E-state index < -0.39 is 0 Å². The molecule has 2 unspecified atom stereocenters. The third-order valence-electron chi connectivity index (χ3n) is 4.78. The van der Waals surface area contributed by atoms with Crippen molar-refractivity contribution < 1.29 is 0 Å². The van der Waals surface area contributed by atoms with E-state index in [1.807, 2.05) is 6.21 Å². The van der Waals surface area contributed by atoms with Gasteiger partial charge >= 0.3 is 0 Å². The number of rotatable bonds is 3. The summed E-state index contributed by atoms with van der Waals surface area (Å²) >= 11 is 17.8. The largest absolute Gasteiger partial charge is 0.260 e. The van der Waals surface area contributed by atoms with Gasteiger partial charge in [0, 0.05) is 0 Å². The summed E-state index contributed by atoms with van der Waals surface area (Å²) in [5.41, 5.74) is 4.50. The average Bonchev–Trinajstić information content (AvgIpc) is 2.44. The highest BCUT2D eigenvalue weighted by Crippen LogP contribution is 2.58. The highest BCUT2D eigenvalue weighted by molar-refractivity contribution is 6.42. The van der Waals surface area contributed by atoms with Gasteiger partial charge in [0.25, 0.3) is 0 Å². The van der Waals surface area contributed by atoms with Gasteiger partial charge in [0.1, 0.15) is 5.15 Å². The van der Waals surface area contributed by atoms with Crippen LogP contribution in [0.15, 0.2) is 22.8 Å². The number of halogens is 3. The summed E-state index contributed by atoms with van der Waals surface area (Å²) in [4.78, 5) is 4.07. The number of hydrogen-bond acceptors (Lipinski definition) is 3. The lowest BCUT2D eigenvalue weighted by atomic mass is 9.49. The second-order valence-corrected chi connectivity index (χ2v) is 7.38. The molecule has 0 radical (unpaired) electrons. The molecule has 0 aliphatic heterocycles. The normalized spacial score (nSPS) is 26.4. The molecule has 1 fully saturated rings. The second-order valence-electron chi connectivity index (χ2n) is 6.21. The van der Waals surface area contributed by atoms with E-state index >= 15 is 0 Å². The molecule has 0 amide bonds. The molecule has 3 aliphatic rings. The Morgan fingerprint density at radius 2 is 2.10 bits per heavy atom. The first-order valence-corrected chi connectivity index (χ1v) is 8.03. The molecule has 3 aliphatic carbocycles. The lowest BCUT2D eigenvalue weighted by Crippen LogP contribution is -2.48. The molecule has 6 heteroatoms.